The molecule has 2 amide bonds. The number of hydrogen-bond donors (Lipinski definition) is 1. The fourth-order valence-electron chi connectivity index (χ4n) is 2.67. The Morgan fingerprint density at radius 2 is 1.74 bits per heavy atom. The van der Waals surface area contributed by atoms with E-state index in [9.17, 15) is 9.59 Å². The molecule has 27 heavy (non-hydrogen) atoms. The van der Waals surface area contributed by atoms with Crippen molar-refractivity contribution in [2.45, 2.75) is 27.7 Å². The SMILES string of the molecule is CCOc1ccc(NC(=O)CN(C)C(=O)c2cc(C)sc2C)cc1OCC. The quantitative estimate of drug-likeness (QED) is 0.743. The van der Waals surface area contributed by atoms with Crippen molar-refractivity contribution in [2.75, 3.05) is 32.1 Å². The lowest BCUT2D eigenvalue weighted by atomic mass is 10.2. The molecular weight excluding hydrogens is 364 g/mol. The number of benzene rings is 1. The first kappa shape index (κ1) is 20.8. The zero-order chi connectivity index (χ0) is 20.0. The van der Waals surface area contributed by atoms with Gasteiger partial charge in [0.1, 0.15) is 0 Å². The fourth-order valence-corrected chi connectivity index (χ4v) is 3.58. The van der Waals surface area contributed by atoms with Gasteiger partial charge in [0.25, 0.3) is 5.91 Å². The predicted octanol–water partition coefficient (Wildman–Crippen LogP) is 3.87. The van der Waals surface area contributed by atoms with Crippen LogP contribution >= 0.6 is 11.3 Å². The number of hydrogen-bond acceptors (Lipinski definition) is 5. The maximum absolute atomic E-state index is 12.5. The number of likely N-dealkylation sites (N-methyl/N-ethyl adjacent to an activating group) is 1. The lowest BCUT2D eigenvalue weighted by molar-refractivity contribution is -0.116. The van der Waals surface area contributed by atoms with Crippen molar-refractivity contribution in [1.82, 2.24) is 4.90 Å². The van der Waals surface area contributed by atoms with E-state index in [0.717, 1.165) is 9.75 Å². The molecule has 0 radical (unpaired) electrons. The predicted molar refractivity (Wildman–Crippen MR) is 108 cm³/mol. The van der Waals surface area contributed by atoms with Crippen LogP contribution in [0.15, 0.2) is 24.3 Å². The standard InChI is InChI=1S/C20H26N2O4S/c1-6-25-17-9-8-15(11-18(17)26-7-2)21-19(23)12-22(5)20(24)16-10-13(3)27-14(16)4/h8-11H,6-7,12H2,1-5H3,(H,21,23). The zero-order valence-electron chi connectivity index (χ0n) is 16.4. The summed E-state index contributed by atoms with van der Waals surface area (Å²) in [5, 5.41) is 2.80. The summed E-state index contributed by atoms with van der Waals surface area (Å²) in [7, 11) is 1.62. The van der Waals surface area contributed by atoms with Gasteiger partial charge in [0.05, 0.1) is 25.3 Å². The average molecular weight is 391 g/mol. The molecule has 146 valence electrons. The number of nitrogens with zero attached hydrogens (tertiary/aromatic N) is 1. The van der Waals surface area contributed by atoms with E-state index in [4.69, 9.17) is 9.47 Å². The van der Waals surface area contributed by atoms with Crippen molar-refractivity contribution >= 4 is 28.8 Å². The van der Waals surface area contributed by atoms with Crippen LogP contribution in [-0.4, -0.2) is 43.5 Å². The molecule has 7 heteroatoms. The van der Waals surface area contributed by atoms with Crippen LogP contribution in [0.25, 0.3) is 0 Å². The van der Waals surface area contributed by atoms with Crippen LogP contribution in [0.2, 0.25) is 0 Å². The second kappa shape index (κ2) is 9.41. The third-order valence-corrected chi connectivity index (χ3v) is 4.79. The lowest BCUT2D eigenvalue weighted by Gasteiger charge is -2.17. The molecular formula is C20H26N2O4S. The number of ether oxygens (including phenoxy) is 2. The van der Waals surface area contributed by atoms with Crippen LogP contribution < -0.4 is 14.8 Å². The Kier molecular flexibility index (Phi) is 7.24. The molecule has 0 aliphatic carbocycles. The van der Waals surface area contributed by atoms with E-state index in [1.807, 2.05) is 33.8 Å². The van der Waals surface area contributed by atoms with Crippen molar-refractivity contribution in [3.8, 4) is 11.5 Å². The van der Waals surface area contributed by atoms with Crippen LogP contribution in [0.3, 0.4) is 0 Å². The Morgan fingerprint density at radius 1 is 1.07 bits per heavy atom. The molecule has 1 heterocycles. The first-order valence-electron chi connectivity index (χ1n) is 8.87. The maximum Gasteiger partial charge on any atom is 0.255 e. The van der Waals surface area contributed by atoms with E-state index >= 15 is 0 Å². The monoisotopic (exact) mass is 390 g/mol. The second-order valence-electron chi connectivity index (χ2n) is 6.06. The smallest absolute Gasteiger partial charge is 0.255 e. The molecule has 0 aliphatic heterocycles. The van der Waals surface area contributed by atoms with E-state index in [1.54, 1.807) is 36.6 Å². The molecule has 1 aromatic heterocycles. The maximum atomic E-state index is 12.5. The number of carbonyl (C=O) groups is 2. The number of carbonyl (C=O) groups excluding carboxylic acids is 2. The Hall–Kier alpha value is -2.54. The highest BCUT2D eigenvalue weighted by molar-refractivity contribution is 7.12. The van der Waals surface area contributed by atoms with Gasteiger partial charge in [-0.15, -0.1) is 11.3 Å². The van der Waals surface area contributed by atoms with Gasteiger partial charge in [-0.2, -0.15) is 0 Å². The van der Waals surface area contributed by atoms with Crippen molar-refractivity contribution in [3.05, 3.63) is 39.6 Å². The van der Waals surface area contributed by atoms with Crippen molar-refractivity contribution < 1.29 is 19.1 Å². The van der Waals surface area contributed by atoms with Crippen LogP contribution in [0.5, 0.6) is 11.5 Å². The number of rotatable bonds is 8. The Labute approximate surface area is 164 Å². The van der Waals surface area contributed by atoms with E-state index in [0.29, 0.717) is 36.0 Å². The summed E-state index contributed by atoms with van der Waals surface area (Å²) in [6.45, 7) is 8.64. The van der Waals surface area contributed by atoms with Crippen molar-refractivity contribution in [1.29, 1.82) is 0 Å². The normalized spacial score (nSPS) is 10.4. The highest BCUT2D eigenvalue weighted by Gasteiger charge is 2.19. The largest absolute Gasteiger partial charge is 0.490 e. The summed E-state index contributed by atoms with van der Waals surface area (Å²) < 4.78 is 11.1. The minimum absolute atomic E-state index is 0.0374. The molecule has 2 rings (SSSR count). The first-order chi connectivity index (χ1) is 12.8. The van der Waals surface area contributed by atoms with Crippen LogP contribution in [0.1, 0.15) is 34.0 Å². The van der Waals surface area contributed by atoms with E-state index < -0.39 is 0 Å². The summed E-state index contributed by atoms with van der Waals surface area (Å²) in [6.07, 6.45) is 0. The summed E-state index contributed by atoms with van der Waals surface area (Å²) in [5.41, 5.74) is 1.24. The number of aryl methyl sites for hydroxylation is 2. The molecule has 2 aromatic rings. The molecule has 0 saturated heterocycles. The summed E-state index contributed by atoms with van der Waals surface area (Å²) in [4.78, 5) is 28.3. The minimum atomic E-state index is -0.276. The molecule has 6 nitrogen and oxygen atoms in total. The molecule has 0 spiro atoms. The summed E-state index contributed by atoms with van der Waals surface area (Å²) in [5.74, 6) is 0.773. The topological polar surface area (TPSA) is 67.9 Å². The van der Waals surface area contributed by atoms with E-state index in [-0.39, 0.29) is 18.4 Å². The second-order valence-corrected chi connectivity index (χ2v) is 7.52. The zero-order valence-corrected chi connectivity index (χ0v) is 17.2. The molecule has 0 aliphatic rings. The number of anilines is 1. The molecule has 1 N–H and O–H groups in total. The molecule has 1 aromatic carbocycles. The highest BCUT2D eigenvalue weighted by atomic mass is 32.1. The fraction of sp³-hybridized carbons (Fsp3) is 0.400. The minimum Gasteiger partial charge on any atom is -0.490 e. The van der Waals surface area contributed by atoms with Gasteiger partial charge in [-0.25, -0.2) is 0 Å². The van der Waals surface area contributed by atoms with Crippen LogP contribution in [-0.2, 0) is 4.79 Å². The van der Waals surface area contributed by atoms with Gasteiger partial charge in [-0.3, -0.25) is 9.59 Å². The van der Waals surface area contributed by atoms with Crippen molar-refractivity contribution in [2.24, 2.45) is 0 Å². The van der Waals surface area contributed by atoms with Crippen LogP contribution in [0.4, 0.5) is 5.69 Å². The molecule has 0 unspecified atom stereocenters. The molecule has 0 bridgehead atoms. The van der Waals surface area contributed by atoms with Gasteiger partial charge in [0.15, 0.2) is 11.5 Å². The third kappa shape index (κ3) is 5.47. The molecule has 0 saturated carbocycles. The molecule has 0 fully saturated rings. The summed E-state index contributed by atoms with van der Waals surface area (Å²) >= 11 is 1.57. The van der Waals surface area contributed by atoms with Gasteiger partial charge < -0.3 is 19.7 Å². The van der Waals surface area contributed by atoms with Gasteiger partial charge in [-0.05, 0) is 45.9 Å². The summed E-state index contributed by atoms with van der Waals surface area (Å²) in [6, 6.07) is 7.09. The van der Waals surface area contributed by atoms with Gasteiger partial charge in [0, 0.05) is 28.6 Å². The highest BCUT2D eigenvalue weighted by Crippen LogP contribution is 2.30. The first-order valence-corrected chi connectivity index (χ1v) is 9.69. The Morgan fingerprint density at radius 3 is 2.33 bits per heavy atom. The molecule has 0 atom stereocenters. The van der Waals surface area contributed by atoms with Gasteiger partial charge in [-0.1, -0.05) is 0 Å². The Balaban J connectivity index is 2.03. The average Bonchev–Trinajstić information content (AvgIpc) is 2.95. The number of amides is 2. The van der Waals surface area contributed by atoms with Gasteiger partial charge >= 0.3 is 0 Å². The lowest BCUT2D eigenvalue weighted by Crippen LogP contribution is -2.35. The van der Waals surface area contributed by atoms with Crippen LogP contribution in [0, 0.1) is 13.8 Å². The number of nitrogens with one attached hydrogen (secondary N) is 1. The third-order valence-electron chi connectivity index (χ3n) is 3.83. The number of thiophene rings is 1. The van der Waals surface area contributed by atoms with E-state index in [1.165, 1.54) is 4.90 Å². The van der Waals surface area contributed by atoms with Crippen molar-refractivity contribution in [3.63, 3.8) is 0 Å². The Bertz CT molecular complexity index is 816. The van der Waals surface area contributed by atoms with Gasteiger partial charge in [0.2, 0.25) is 5.91 Å². The van der Waals surface area contributed by atoms with E-state index in [2.05, 4.69) is 5.32 Å².